The van der Waals surface area contributed by atoms with E-state index in [1.807, 2.05) is 24.3 Å². The summed E-state index contributed by atoms with van der Waals surface area (Å²) in [5.74, 6) is 0.674. The highest BCUT2D eigenvalue weighted by molar-refractivity contribution is 6.30. The van der Waals surface area contributed by atoms with E-state index >= 15 is 0 Å². The van der Waals surface area contributed by atoms with Gasteiger partial charge >= 0.3 is 5.97 Å². The van der Waals surface area contributed by atoms with Crippen molar-refractivity contribution in [2.45, 2.75) is 44.8 Å². The van der Waals surface area contributed by atoms with Crippen LogP contribution in [0.15, 0.2) is 60.8 Å². The summed E-state index contributed by atoms with van der Waals surface area (Å²) in [7, 11) is 3.12. The average molecular weight is 482 g/mol. The molecule has 180 valence electrons. The fraction of sp³-hybridized carbons (Fsp3) is 0.393. The van der Waals surface area contributed by atoms with Crippen molar-refractivity contribution in [3.63, 3.8) is 0 Å². The topological polar surface area (TPSA) is 48.0 Å². The molecule has 2 atom stereocenters. The highest BCUT2D eigenvalue weighted by atomic mass is 35.5. The van der Waals surface area contributed by atoms with Gasteiger partial charge in [-0.15, -0.1) is 6.58 Å². The Labute approximate surface area is 207 Å². The first-order valence-electron chi connectivity index (χ1n) is 11.8. The summed E-state index contributed by atoms with van der Waals surface area (Å²) in [6, 6.07) is 11.6. The molecule has 1 aliphatic heterocycles. The van der Waals surface area contributed by atoms with Crippen LogP contribution in [0.4, 0.5) is 5.69 Å². The van der Waals surface area contributed by atoms with E-state index in [1.165, 1.54) is 23.8 Å². The van der Waals surface area contributed by atoms with Crippen molar-refractivity contribution in [1.82, 2.24) is 0 Å². The number of ether oxygens (including phenoxy) is 3. The van der Waals surface area contributed by atoms with Gasteiger partial charge in [0.2, 0.25) is 0 Å². The normalized spacial score (nSPS) is 20.1. The Morgan fingerprint density at radius 2 is 2.03 bits per heavy atom. The third-order valence-electron chi connectivity index (χ3n) is 6.74. The summed E-state index contributed by atoms with van der Waals surface area (Å²) in [6.45, 7) is 5.18. The van der Waals surface area contributed by atoms with E-state index in [1.54, 1.807) is 13.2 Å². The van der Waals surface area contributed by atoms with E-state index in [-0.39, 0.29) is 12.1 Å². The summed E-state index contributed by atoms with van der Waals surface area (Å²) in [5, 5.41) is 0.746. The number of methoxy groups -OCH3 is 2. The Morgan fingerprint density at radius 1 is 1.18 bits per heavy atom. The molecular weight excluding hydrogens is 450 g/mol. The maximum absolute atomic E-state index is 12.3. The molecule has 1 aliphatic carbocycles. The van der Waals surface area contributed by atoms with Gasteiger partial charge < -0.3 is 19.1 Å². The largest absolute Gasteiger partial charge is 0.491 e. The molecule has 0 bridgehead atoms. The molecule has 5 nitrogen and oxygen atoms in total. The van der Waals surface area contributed by atoms with Gasteiger partial charge in [-0.3, -0.25) is 0 Å². The predicted octanol–water partition coefficient (Wildman–Crippen LogP) is 6.34. The van der Waals surface area contributed by atoms with E-state index in [2.05, 4.69) is 29.8 Å². The molecule has 1 heterocycles. The molecule has 0 spiro atoms. The molecule has 1 saturated carbocycles. The molecule has 1 fully saturated rings. The number of anilines is 1. The lowest BCUT2D eigenvalue weighted by Crippen LogP contribution is -2.31. The van der Waals surface area contributed by atoms with E-state index < -0.39 is 0 Å². The second kappa shape index (κ2) is 11.1. The number of halogens is 1. The van der Waals surface area contributed by atoms with Gasteiger partial charge in [0, 0.05) is 30.8 Å². The number of aryl methyl sites for hydroxylation is 1. The number of rotatable bonds is 5. The Kier molecular flexibility index (Phi) is 7.96. The molecule has 0 N–H and O–H groups in total. The summed E-state index contributed by atoms with van der Waals surface area (Å²) < 4.78 is 16.8. The van der Waals surface area contributed by atoms with Gasteiger partial charge in [-0.1, -0.05) is 23.7 Å². The SMILES string of the molecule is C=C[C@H](OC)[C@@H]1CC/C1=C\N1Cc2ccc(Cl)cc2CCCCOc2ccc(C(=O)OC)cc21. The number of benzene rings is 2. The lowest BCUT2D eigenvalue weighted by atomic mass is 9.76. The van der Waals surface area contributed by atoms with Crippen molar-refractivity contribution < 1.29 is 19.0 Å². The van der Waals surface area contributed by atoms with Crippen LogP contribution in [0.3, 0.4) is 0 Å². The van der Waals surface area contributed by atoms with E-state index in [0.717, 1.165) is 48.6 Å². The van der Waals surface area contributed by atoms with Crippen LogP contribution in [0.5, 0.6) is 5.75 Å². The van der Waals surface area contributed by atoms with E-state index in [0.29, 0.717) is 24.6 Å². The molecule has 0 unspecified atom stereocenters. The molecule has 34 heavy (non-hydrogen) atoms. The number of esters is 1. The lowest BCUT2D eigenvalue weighted by molar-refractivity contribution is 0.0600. The van der Waals surface area contributed by atoms with Crippen molar-refractivity contribution in [3.8, 4) is 5.75 Å². The number of carbonyl (C=O) groups is 1. The summed E-state index contributed by atoms with van der Waals surface area (Å²) in [4.78, 5) is 14.5. The second-order valence-electron chi connectivity index (χ2n) is 8.81. The second-order valence-corrected chi connectivity index (χ2v) is 9.24. The van der Waals surface area contributed by atoms with Crippen LogP contribution in [-0.4, -0.2) is 32.9 Å². The van der Waals surface area contributed by atoms with Gasteiger partial charge in [0.1, 0.15) is 5.75 Å². The van der Waals surface area contributed by atoms with Crippen LogP contribution in [0.25, 0.3) is 0 Å². The third-order valence-corrected chi connectivity index (χ3v) is 6.97. The first-order valence-corrected chi connectivity index (χ1v) is 12.2. The van der Waals surface area contributed by atoms with E-state index in [9.17, 15) is 4.79 Å². The molecular formula is C28H32ClNO4. The molecule has 0 saturated heterocycles. The highest BCUT2D eigenvalue weighted by Gasteiger charge is 2.31. The Balaban J connectivity index is 1.81. The minimum Gasteiger partial charge on any atom is -0.491 e. The maximum atomic E-state index is 12.3. The Morgan fingerprint density at radius 3 is 2.74 bits per heavy atom. The Bertz CT molecular complexity index is 1080. The van der Waals surface area contributed by atoms with Crippen molar-refractivity contribution >= 4 is 23.3 Å². The fourth-order valence-corrected chi connectivity index (χ4v) is 4.91. The summed E-state index contributed by atoms with van der Waals surface area (Å²) in [5.41, 5.74) is 5.09. The molecule has 6 heteroatoms. The van der Waals surface area contributed by atoms with Crippen molar-refractivity contribution in [1.29, 1.82) is 0 Å². The molecule has 0 amide bonds. The fourth-order valence-electron chi connectivity index (χ4n) is 4.71. The van der Waals surface area contributed by atoms with Gasteiger partial charge in [0.25, 0.3) is 0 Å². The number of hydrogen-bond acceptors (Lipinski definition) is 5. The quantitative estimate of drug-likeness (QED) is 0.368. The van der Waals surface area contributed by atoms with Crippen LogP contribution in [-0.2, 0) is 22.4 Å². The zero-order valence-electron chi connectivity index (χ0n) is 19.9. The van der Waals surface area contributed by atoms with Crippen molar-refractivity contribution in [2.24, 2.45) is 5.92 Å². The number of nitrogens with zero attached hydrogens (tertiary/aromatic N) is 1. The van der Waals surface area contributed by atoms with Crippen LogP contribution < -0.4 is 9.64 Å². The van der Waals surface area contributed by atoms with Gasteiger partial charge in [0.15, 0.2) is 0 Å². The number of carbonyl (C=O) groups excluding carboxylic acids is 1. The van der Waals surface area contributed by atoms with Crippen LogP contribution >= 0.6 is 11.6 Å². The van der Waals surface area contributed by atoms with E-state index in [4.69, 9.17) is 25.8 Å². The smallest absolute Gasteiger partial charge is 0.337 e. The molecule has 2 aliphatic rings. The Hall–Kier alpha value is -2.76. The third kappa shape index (κ3) is 5.31. The molecule has 2 aromatic rings. The average Bonchev–Trinajstić information content (AvgIpc) is 2.87. The van der Waals surface area contributed by atoms with Gasteiger partial charge in [-0.2, -0.15) is 0 Å². The van der Waals surface area contributed by atoms with Crippen molar-refractivity contribution in [2.75, 3.05) is 25.7 Å². The van der Waals surface area contributed by atoms with Crippen LogP contribution in [0.2, 0.25) is 5.02 Å². The van der Waals surface area contributed by atoms with Gasteiger partial charge in [-0.25, -0.2) is 4.79 Å². The lowest BCUT2D eigenvalue weighted by Gasteiger charge is -2.36. The summed E-state index contributed by atoms with van der Waals surface area (Å²) >= 11 is 6.34. The first kappa shape index (κ1) is 24.4. The standard InChI is InChI=1S/C28H32ClNO4/c1-4-26(32-2)24-12-9-22(24)18-30-17-21-8-11-23(29)15-19(21)7-5-6-14-34-27-13-10-20(16-25(27)30)28(31)33-3/h4,8,10-11,13,15-16,18,24,26H,1,5-7,9,12,14,17H2,2-3H3/b22-18+/t24-,26+/m1/s1. The number of fused-ring (bicyclic) bond motifs is 2. The predicted molar refractivity (Wildman–Crippen MR) is 136 cm³/mol. The molecule has 0 aromatic heterocycles. The minimum absolute atomic E-state index is 0.0212. The molecule has 0 radical (unpaired) electrons. The maximum Gasteiger partial charge on any atom is 0.337 e. The summed E-state index contributed by atoms with van der Waals surface area (Å²) in [6.07, 6.45) is 8.99. The van der Waals surface area contributed by atoms with Crippen LogP contribution in [0, 0.1) is 5.92 Å². The van der Waals surface area contributed by atoms with Gasteiger partial charge in [0.05, 0.1) is 31.1 Å². The minimum atomic E-state index is -0.371. The monoisotopic (exact) mass is 481 g/mol. The van der Waals surface area contributed by atoms with Crippen LogP contribution in [0.1, 0.15) is 47.2 Å². The zero-order valence-corrected chi connectivity index (χ0v) is 20.6. The van der Waals surface area contributed by atoms with Gasteiger partial charge in [-0.05, 0) is 79.1 Å². The zero-order chi connectivity index (χ0) is 24.1. The number of hydrogen-bond donors (Lipinski definition) is 0. The molecule has 4 rings (SSSR count). The molecule has 2 aromatic carbocycles. The highest BCUT2D eigenvalue weighted by Crippen LogP contribution is 2.40. The first-order chi connectivity index (χ1) is 16.5. The van der Waals surface area contributed by atoms with Crippen molar-refractivity contribution in [3.05, 3.63) is 82.5 Å².